The Bertz CT molecular complexity index is 2040. The topological polar surface area (TPSA) is 158 Å². The van der Waals surface area contributed by atoms with E-state index < -0.39 is 18.2 Å². The van der Waals surface area contributed by atoms with Crippen molar-refractivity contribution in [3.8, 4) is 34.4 Å². The van der Waals surface area contributed by atoms with Crippen molar-refractivity contribution in [2.75, 3.05) is 33.9 Å². The van der Waals surface area contributed by atoms with Crippen molar-refractivity contribution in [1.29, 1.82) is 0 Å². The number of alkyl carbamates (subject to hydrolysis) is 2. The highest BCUT2D eigenvalue weighted by atomic mass is 16.5. The molecule has 0 radical (unpaired) electrons. The largest absolute Gasteiger partial charge is 0.453 e. The van der Waals surface area contributed by atoms with Gasteiger partial charge in [-0.15, -0.1) is 0 Å². The Labute approximate surface area is 322 Å². The maximum atomic E-state index is 13.5. The Kier molecular flexibility index (Phi) is 12.4. The SMILES string of the molecule is C=C(C)C(CN1CCCC1c1ncc(-c2ccc(C#Cc3ccc(-c4cnc(C5CCCN5C(=O)C(NC(=O)OC)C(C)C)[nH]4)cc3)cc2)[nH]1)NC(=O)OC. The molecular weight excluding hydrogens is 697 g/mol. The molecular formula is C42H50N8O5. The van der Waals surface area contributed by atoms with E-state index >= 15 is 0 Å². The number of likely N-dealkylation sites (tertiary alicyclic amines) is 2. The first-order valence-electron chi connectivity index (χ1n) is 18.8. The summed E-state index contributed by atoms with van der Waals surface area (Å²) < 4.78 is 9.55. The summed E-state index contributed by atoms with van der Waals surface area (Å²) in [5.41, 5.74) is 6.42. The van der Waals surface area contributed by atoms with Crippen LogP contribution in [0, 0.1) is 17.8 Å². The molecule has 2 aliphatic rings. The van der Waals surface area contributed by atoms with Gasteiger partial charge in [0.1, 0.15) is 17.7 Å². The minimum Gasteiger partial charge on any atom is -0.453 e. The Balaban J connectivity index is 1.06. The predicted octanol–water partition coefficient (Wildman–Crippen LogP) is 6.35. The normalized spacial score (nSPS) is 18.0. The number of benzene rings is 2. The number of amides is 3. The van der Waals surface area contributed by atoms with E-state index in [4.69, 9.17) is 14.5 Å². The third-order valence-electron chi connectivity index (χ3n) is 10.3. The van der Waals surface area contributed by atoms with E-state index in [1.165, 1.54) is 14.2 Å². The summed E-state index contributed by atoms with van der Waals surface area (Å²) in [6, 6.07) is 15.1. The molecule has 0 bridgehead atoms. The molecule has 4 unspecified atom stereocenters. The summed E-state index contributed by atoms with van der Waals surface area (Å²) >= 11 is 0. The first-order valence-corrected chi connectivity index (χ1v) is 18.8. The number of imidazole rings is 2. The second-order valence-electron chi connectivity index (χ2n) is 14.5. The van der Waals surface area contributed by atoms with E-state index in [-0.39, 0.29) is 30.0 Å². The van der Waals surface area contributed by atoms with Crippen LogP contribution in [0.5, 0.6) is 0 Å². The number of nitrogens with one attached hydrogen (secondary N) is 4. The van der Waals surface area contributed by atoms with Gasteiger partial charge in [0.25, 0.3) is 0 Å². The third-order valence-corrected chi connectivity index (χ3v) is 10.3. The molecule has 2 saturated heterocycles. The first-order chi connectivity index (χ1) is 26.5. The fourth-order valence-corrected chi connectivity index (χ4v) is 7.22. The standard InChI is InChI=1S/C42H50N8O5/c1-26(2)34(47-41(52)54-5)25-49-21-7-9-35(49)38-43-23-32(45-38)30-17-13-28(14-18-30)11-12-29-15-19-31(20-16-29)33-24-44-39(46-33)36-10-8-22-50(36)40(51)37(27(3)4)48-42(53)55-6/h13-20,23-24,27,34-37H,1,7-10,21-22,25H2,2-6H3,(H,43,45)(H,44,46)(H,47,52)(H,48,53). The van der Waals surface area contributed by atoms with E-state index in [1.807, 2.05) is 75.5 Å². The summed E-state index contributed by atoms with van der Waals surface area (Å²) in [7, 11) is 2.65. The zero-order valence-corrected chi connectivity index (χ0v) is 32.1. The summed E-state index contributed by atoms with van der Waals surface area (Å²) in [5.74, 6) is 7.93. The van der Waals surface area contributed by atoms with Crippen molar-refractivity contribution in [2.24, 2.45) is 5.92 Å². The molecule has 4 N–H and O–H groups in total. The molecule has 4 atom stereocenters. The van der Waals surface area contributed by atoms with Crippen molar-refractivity contribution in [1.82, 2.24) is 40.4 Å². The van der Waals surface area contributed by atoms with Gasteiger partial charge < -0.3 is 35.0 Å². The Morgan fingerprint density at radius 1 is 0.818 bits per heavy atom. The summed E-state index contributed by atoms with van der Waals surface area (Å²) in [6.07, 6.45) is 6.24. The number of H-pyrrole nitrogens is 2. The van der Waals surface area contributed by atoms with Gasteiger partial charge >= 0.3 is 12.2 Å². The lowest BCUT2D eigenvalue weighted by molar-refractivity contribution is -0.135. The summed E-state index contributed by atoms with van der Waals surface area (Å²) in [5, 5.41) is 5.58. The number of ether oxygens (including phenoxy) is 2. The van der Waals surface area contributed by atoms with Gasteiger partial charge in [-0.25, -0.2) is 19.6 Å². The molecule has 3 amide bonds. The third kappa shape index (κ3) is 9.27. The van der Waals surface area contributed by atoms with Gasteiger partial charge in [-0.2, -0.15) is 0 Å². The molecule has 13 nitrogen and oxygen atoms in total. The zero-order valence-electron chi connectivity index (χ0n) is 32.1. The minimum absolute atomic E-state index is 0.0989. The molecule has 4 aromatic rings. The molecule has 4 heterocycles. The summed E-state index contributed by atoms with van der Waals surface area (Å²) in [6.45, 7) is 11.9. The molecule has 2 aliphatic heterocycles. The van der Waals surface area contributed by atoms with Crippen molar-refractivity contribution >= 4 is 18.1 Å². The molecule has 0 aliphatic carbocycles. The van der Waals surface area contributed by atoms with Crippen molar-refractivity contribution in [3.05, 3.63) is 95.9 Å². The van der Waals surface area contributed by atoms with Crippen LogP contribution in [0.3, 0.4) is 0 Å². The number of aromatic nitrogens is 4. The smallest absolute Gasteiger partial charge is 0.407 e. The number of rotatable bonds is 11. The van der Waals surface area contributed by atoms with Crippen molar-refractivity contribution in [3.63, 3.8) is 0 Å². The molecule has 6 rings (SSSR count). The average Bonchev–Trinajstić information content (AvgIpc) is 4.03. The second-order valence-corrected chi connectivity index (χ2v) is 14.5. The molecule has 0 spiro atoms. The Morgan fingerprint density at radius 3 is 1.85 bits per heavy atom. The zero-order chi connectivity index (χ0) is 39.1. The van der Waals surface area contributed by atoms with Gasteiger partial charge in [0, 0.05) is 24.2 Å². The minimum atomic E-state index is -0.681. The molecule has 2 aromatic heterocycles. The van der Waals surface area contributed by atoms with Crippen LogP contribution < -0.4 is 10.6 Å². The lowest BCUT2D eigenvalue weighted by atomic mass is 10.0. The number of nitrogens with zero attached hydrogens (tertiary/aromatic N) is 4. The van der Waals surface area contributed by atoms with Gasteiger partial charge in [0.15, 0.2) is 0 Å². The maximum Gasteiger partial charge on any atom is 0.407 e. The van der Waals surface area contributed by atoms with E-state index in [9.17, 15) is 14.4 Å². The number of carbonyl (C=O) groups is 3. The number of hydrogen-bond acceptors (Lipinski definition) is 8. The Morgan fingerprint density at radius 2 is 1.33 bits per heavy atom. The average molecular weight is 747 g/mol. The highest BCUT2D eigenvalue weighted by Gasteiger charge is 2.37. The van der Waals surface area contributed by atoms with Gasteiger partial charge in [-0.3, -0.25) is 9.69 Å². The monoisotopic (exact) mass is 746 g/mol. The number of methoxy groups -OCH3 is 2. The van der Waals surface area contributed by atoms with Crippen LogP contribution in [0.2, 0.25) is 0 Å². The highest BCUT2D eigenvalue weighted by molar-refractivity contribution is 5.86. The van der Waals surface area contributed by atoms with Crippen molar-refractivity contribution < 1.29 is 23.9 Å². The first kappa shape index (κ1) is 38.8. The summed E-state index contributed by atoms with van der Waals surface area (Å²) in [4.78, 5) is 57.8. The van der Waals surface area contributed by atoms with E-state index in [1.54, 1.807) is 11.1 Å². The molecule has 288 valence electrons. The van der Waals surface area contributed by atoms with Gasteiger partial charge in [-0.05, 0) is 80.5 Å². The fraction of sp³-hybridized carbons (Fsp3) is 0.405. The van der Waals surface area contributed by atoms with Crippen LogP contribution in [0.15, 0.2) is 73.1 Å². The number of carbonyl (C=O) groups excluding carboxylic acids is 3. The molecule has 0 saturated carbocycles. The van der Waals surface area contributed by atoms with E-state index in [2.05, 4.69) is 48.9 Å². The van der Waals surface area contributed by atoms with Crippen LogP contribution in [-0.4, -0.2) is 93.8 Å². The highest BCUT2D eigenvalue weighted by Crippen LogP contribution is 2.34. The van der Waals surface area contributed by atoms with Crippen molar-refractivity contribution in [2.45, 2.75) is 70.6 Å². The maximum absolute atomic E-state index is 13.5. The lowest BCUT2D eigenvalue weighted by Gasteiger charge is -2.30. The van der Waals surface area contributed by atoms with Crippen LogP contribution in [0.25, 0.3) is 22.5 Å². The van der Waals surface area contributed by atoms with Gasteiger partial charge in [-0.1, -0.05) is 62.1 Å². The number of aromatic amines is 2. The van der Waals surface area contributed by atoms with Crippen LogP contribution in [-0.2, 0) is 14.3 Å². The van der Waals surface area contributed by atoms with Crippen LogP contribution >= 0.6 is 0 Å². The predicted molar refractivity (Wildman–Crippen MR) is 210 cm³/mol. The molecule has 55 heavy (non-hydrogen) atoms. The molecule has 2 aromatic carbocycles. The fourth-order valence-electron chi connectivity index (χ4n) is 7.22. The quantitative estimate of drug-likeness (QED) is 0.102. The lowest BCUT2D eigenvalue weighted by Crippen LogP contribution is -2.51. The van der Waals surface area contributed by atoms with E-state index in [0.29, 0.717) is 13.1 Å². The van der Waals surface area contributed by atoms with Gasteiger partial charge in [0.2, 0.25) is 5.91 Å². The number of hydrogen-bond donors (Lipinski definition) is 4. The van der Waals surface area contributed by atoms with E-state index in [0.717, 1.165) is 83.1 Å². The second kappa shape index (κ2) is 17.5. The van der Waals surface area contributed by atoms with Crippen LogP contribution in [0.4, 0.5) is 9.59 Å². The Hall–Kier alpha value is -5.87. The molecule has 2 fully saturated rings. The van der Waals surface area contributed by atoms with Crippen LogP contribution in [0.1, 0.15) is 81.3 Å². The molecule has 13 heteroatoms. The van der Waals surface area contributed by atoms with Gasteiger partial charge in [0.05, 0.1) is 56.1 Å².